The van der Waals surface area contributed by atoms with E-state index in [2.05, 4.69) is 48.2 Å². The van der Waals surface area contributed by atoms with Crippen LogP contribution in [-0.2, 0) is 11.2 Å². The minimum Gasteiger partial charge on any atom is -0.355 e. The summed E-state index contributed by atoms with van der Waals surface area (Å²) in [7, 11) is 0. The van der Waals surface area contributed by atoms with Gasteiger partial charge in [0.1, 0.15) is 12.2 Å². The molecule has 0 spiro atoms. The van der Waals surface area contributed by atoms with Gasteiger partial charge in [0, 0.05) is 18.9 Å². The zero-order chi connectivity index (χ0) is 12.7. The fourth-order valence-corrected chi connectivity index (χ4v) is 2.61. The minimum atomic E-state index is 0.101. The highest BCUT2D eigenvalue weighted by atomic mass is 16.2. The molecule has 0 aliphatic heterocycles. The molecule has 17 heavy (non-hydrogen) atoms. The highest BCUT2D eigenvalue weighted by Crippen LogP contribution is 2.68. The van der Waals surface area contributed by atoms with E-state index in [0.717, 1.165) is 5.82 Å². The summed E-state index contributed by atoms with van der Waals surface area (Å²) in [5, 5.41) is 9.51. The Morgan fingerprint density at radius 3 is 2.53 bits per heavy atom. The van der Waals surface area contributed by atoms with Gasteiger partial charge in [-0.05, 0) is 10.8 Å². The molecule has 1 heterocycles. The molecule has 1 aromatic rings. The number of aromatic amines is 1. The van der Waals surface area contributed by atoms with Crippen LogP contribution in [0.3, 0.4) is 0 Å². The smallest absolute Gasteiger partial charge is 0.224 e. The molecule has 5 nitrogen and oxygen atoms in total. The maximum Gasteiger partial charge on any atom is 0.224 e. The van der Waals surface area contributed by atoms with Gasteiger partial charge >= 0.3 is 0 Å². The first-order valence-corrected chi connectivity index (χ1v) is 5.99. The topological polar surface area (TPSA) is 70.7 Å². The summed E-state index contributed by atoms with van der Waals surface area (Å²) in [6.45, 7) is 9.19. The van der Waals surface area contributed by atoms with Gasteiger partial charge in [0.2, 0.25) is 5.91 Å². The lowest BCUT2D eigenvalue weighted by atomic mass is 10.0. The van der Waals surface area contributed by atoms with Crippen molar-refractivity contribution >= 4 is 5.91 Å². The van der Waals surface area contributed by atoms with E-state index in [1.54, 1.807) is 0 Å². The molecule has 0 bridgehead atoms. The van der Waals surface area contributed by atoms with Gasteiger partial charge in [-0.1, -0.05) is 27.7 Å². The molecule has 1 fully saturated rings. The van der Waals surface area contributed by atoms with Crippen molar-refractivity contribution in [2.75, 3.05) is 6.54 Å². The molecule has 0 saturated heterocycles. The summed E-state index contributed by atoms with van der Waals surface area (Å²) in [6.07, 6.45) is 2.17. The third-order valence-corrected chi connectivity index (χ3v) is 4.41. The Hall–Kier alpha value is -1.39. The number of H-pyrrole nitrogens is 1. The van der Waals surface area contributed by atoms with Crippen molar-refractivity contribution in [2.45, 2.75) is 34.1 Å². The zero-order valence-corrected chi connectivity index (χ0v) is 10.9. The average molecular weight is 236 g/mol. The van der Waals surface area contributed by atoms with Gasteiger partial charge < -0.3 is 5.32 Å². The molecular weight excluding hydrogens is 216 g/mol. The molecule has 1 saturated carbocycles. The Kier molecular flexibility index (Phi) is 2.72. The number of aromatic nitrogens is 3. The van der Waals surface area contributed by atoms with E-state index >= 15 is 0 Å². The molecule has 1 aromatic heterocycles. The second-order valence-corrected chi connectivity index (χ2v) is 5.85. The summed E-state index contributed by atoms with van der Waals surface area (Å²) >= 11 is 0. The first-order chi connectivity index (χ1) is 7.87. The predicted molar refractivity (Wildman–Crippen MR) is 64.1 cm³/mol. The Morgan fingerprint density at radius 2 is 2.06 bits per heavy atom. The van der Waals surface area contributed by atoms with Crippen LogP contribution >= 0.6 is 0 Å². The van der Waals surface area contributed by atoms with Gasteiger partial charge in [-0.15, -0.1) is 0 Å². The number of hydrogen-bond donors (Lipinski definition) is 2. The van der Waals surface area contributed by atoms with Crippen molar-refractivity contribution in [3.05, 3.63) is 12.2 Å². The zero-order valence-electron chi connectivity index (χ0n) is 10.9. The summed E-state index contributed by atoms with van der Waals surface area (Å²) in [5.74, 6) is 1.07. The maximum absolute atomic E-state index is 12.0. The summed E-state index contributed by atoms with van der Waals surface area (Å²) in [4.78, 5) is 16.0. The van der Waals surface area contributed by atoms with Gasteiger partial charge in [-0.25, -0.2) is 4.98 Å². The van der Waals surface area contributed by atoms with Crippen molar-refractivity contribution in [1.82, 2.24) is 20.5 Å². The Balaban J connectivity index is 1.80. The molecule has 0 aromatic carbocycles. The van der Waals surface area contributed by atoms with E-state index in [-0.39, 0.29) is 22.7 Å². The first kappa shape index (κ1) is 12.1. The third kappa shape index (κ3) is 1.94. The van der Waals surface area contributed by atoms with Crippen LogP contribution in [0.2, 0.25) is 0 Å². The van der Waals surface area contributed by atoms with Crippen LogP contribution in [0.1, 0.15) is 33.5 Å². The summed E-state index contributed by atoms with van der Waals surface area (Å²) in [6, 6.07) is 0. The predicted octanol–water partition coefficient (Wildman–Crippen LogP) is 1.15. The average Bonchev–Trinajstić information content (AvgIpc) is 2.58. The molecular formula is C12H20N4O. The third-order valence-electron chi connectivity index (χ3n) is 4.41. The lowest BCUT2D eigenvalue weighted by molar-refractivity contribution is -0.123. The molecule has 5 heteroatoms. The van der Waals surface area contributed by atoms with Crippen LogP contribution in [0, 0.1) is 16.7 Å². The fraction of sp³-hybridized carbons (Fsp3) is 0.750. The molecule has 1 aliphatic carbocycles. The highest BCUT2D eigenvalue weighted by molar-refractivity contribution is 5.84. The number of hydrogen-bond acceptors (Lipinski definition) is 3. The summed E-state index contributed by atoms with van der Waals surface area (Å²) in [5.41, 5.74) is 0.201. The second-order valence-electron chi connectivity index (χ2n) is 5.85. The number of carbonyl (C=O) groups is 1. The Morgan fingerprint density at radius 1 is 1.41 bits per heavy atom. The quantitative estimate of drug-likeness (QED) is 0.823. The van der Waals surface area contributed by atoms with Gasteiger partial charge in [-0.3, -0.25) is 9.89 Å². The van der Waals surface area contributed by atoms with E-state index in [1.165, 1.54) is 6.33 Å². The first-order valence-electron chi connectivity index (χ1n) is 5.99. The molecule has 1 aliphatic rings. The van der Waals surface area contributed by atoms with Gasteiger partial charge in [0.25, 0.3) is 0 Å². The van der Waals surface area contributed by atoms with Crippen LogP contribution in [0.4, 0.5) is 0 Å². The molecule has 2 N–H and O–H groups in total. The van der Waals surface area contributed by atoms with E-state index in [4.69, 9.17) is 0 Å². The normalized spacial score (nSPS) is 21.2. The second kappa shape index (κ2) is 3.82. The van der Waals surface area contributed by atoms with Crippen molar-refractivity contribution in [3.63, 3.8) is 0 Å². The highest BCUT2D eigenvalue weighted by Gasteiger charge is 2.68. The number of nitrogens with zero attached hydrogens (tertiary/aromatic N) is 2. The molecule has 1 amide bonds. The van der Waals surface area contributed by atoms with Crippen LogP contribution < -0.4 is 5.32 Å². The van der Waals surface area contributed by atoms with E-state index in [1.807, 2.05) is 0 Å². The van der Waals surface area contributed by atoms with Gasteiger partial charge in [-0.2, -0.15) is 5.10 Å². The van der Waals surface area contributed by atoms with Gasteiger partial charge in [0.15, 0.2) is 0 Å². The van der Waals surface area contributed by atoms with Crippen LogP contribution in [0.25, 0.3) is 0 Å². The van der Waals surface area contributed by atoms with Crippen molar-refractivity contribution in [1.29, 1.82) is 0 Å². The van der Waals surface area contributed by atoms with Crippen molar-refractivity contribution in [3.8, 4) is 0 Å². The standard InChI is InChI=1S/C12H20N4O/c1-11(2)9(12(11,3)4)10(17)13-6-5-8-14-7-15-16-8/h7,9H,5-6H2,1-4H3,(H,13,17)(H,14,15,16). The number of rotatable bonds is 4. The lowest BCUT2D eigenvalue weighted by Crippen LogP contribution is -2.29. The SMILES string of the molecule is CC1(C)C(C(=O)NCCc2ncn[nH]2)C1(C)C. The Bertz CT molecular complexity index is 394. The Labute approximate surface area is 101 Å². The molecule has 0 radical (unpaired) electrons. The minimum absolute atomic E-state index is 0.101. The molecule has 94 valence electrons. The van der Waals surface area contributed by atoms with Crippen LogP contribution in [0.15, 0.2) is 6.33 Å². The summed E-state index contributed by atoms with van der Waals surface area (Å²) < 4.78 is 0. The van der Waals surface area contributed by atoms with Crippen LogP contribution in [-0.4, -0.2) is 27.6 Å². The fourth-order valence-electron chi connectivity index (χ4n) is 2.61. The van der Waals surface area contributed by atoms with Crippen molar-refractivity contribution < 1.29 is 4.79 Å². The van der Waals surface area contributed by atoms with Gasteiger partial charge in [0.05, 0.1) is 0 Å². The number of nitrogens with one attached hydrogen (secondary N) is 2. The van der Waals surface area contributed by atoms with E-state index in [0.29, 0.717) is 13.0 Å². The van der Waals surface area contributed by atoms with Crippen LogP contribution in [0.5, 0.6) is 0 Å². The lowest BCUT2D eigenvalue weighted by Gasteiger charge is -2.04. The molecule has 0 atom stereocenters. The maximum atomic E-state index is 12.0. The van der Waals surface area contributed by atoms with Crippen molar-refractivity contribution in [2.24, 2.45) is 16.7 Å². The van der Waals surface area contributed by atoms with E-state index < -0.39 is 0 Å². The molecule has 2 rings (SSSR count). The van der Waals surface area contributed by atoms with E-state index in [9.17, 15) is 4.79 Å². The largest absolute Gasteiger partial charge is 0.355 e. The molecule has 0 unspecified atom stereocenters. The number of carbonyl (C=O) groups excluding carboxylic acids is 1. The monoisotopic (exact) mass is 236 g/mol. The number of amides is 1.